The van der Waals surface area contributed by atoms with E-state index in [2.05, 4.69) is 5.32 Å². The van der Waals surface area contributed by atoms with Crippen molar-refractivity contribution in [3.05, 3.63) is 48.0 Å². The zero-order chi connectivity index (χ0) is 15.9. The van der Waals surface area contributed by atoms with E-state index in [0.29, 0.717) is 11.5 Å². The van der Waals surface area contributed by atoms with Crippen LogP contribution in [0.15, 0.2) is 47.4 Å². The van der Waals surface area contributed by atoms with Crippen LogP contribution in [0.25, 0.3) is 0 Å². The molecule has 116 valence electrons. The summed E-state index contributed by atoms with van der Waals surface area (Å²) >= 11 is 1.67. The molecule has 0 saturated heterocycles. The second-order valence-electron chi connectivity index (χ2n) is 4.64. The molecule has 0 heterocycles. The van der Waals surface area contributed by atoms with Crippen LogP contribution >= 0.6 is 11.8 Å². The fourth-order valence-corrected chi connectivity index (χ4v) is 2.46. The Bertz CT molecular complexity index is 641. The predicted molar refractivity (Wildman–Crippen MR) is 90.1 cm³/mol. The molecule has 2 aromatic carbocycles. The molecule has 0 saturated carbocycles. The van der Waals surface area contributed by atoms with Gasteiger partial charge in [0.2, 0.25) is 5.91 Å². The normalized spacial score (nSPS) is 10.1. The largest absolute Gasteiger partial charge is 0.493 e. The van der Waals surface area contributed by atoms with Crippen LogP contribution in [0.2, 0.25) is 0 Å². The maximum Gasteiger partial charge on any atom is 0.228 e. The average Bonchev–Trinajstić information content (AvgIpc) is 2.55. The molecule has 0 spiro atoms. The summed E-state index contributed by atoms with van der Waals surface area (Å²) in [6.45, 7) is 0. The van der Waals surface area contributed by atoms with Crippen LogP contribution in [0.1, 0.15) is 5.56 Å². The number of carbonyl (C=O) groups excluding carboxylic acids is 1. The van der Waals surface area contributed by atoms with Gasteiger partial charge in [0.25, 0.3) is 0 Å². The van der Waals surface area contributed by atoms with Crippen molar-refractivity contribution in [1.82, 2.24) is 0 Å². The van der Waals surface area contributed by atoms with Crippen LogP contribution in [0.4, 0.5) is 5.69 Å². The highest BCUT2D eigenvalue weighted by molar-refractivity contribution is 7.98. The summed E-state index contributed by atoms with van der Waals surface area (Å²) in [5, 5.41) is 2.89. The number of amides is 1. The lowest BCUT2D eigenvalue weighted by molar-refractivity contribution is -0.115. The first kappa shape index (κ1) is 16.2. The van der Waals surface area contributed by atoms with Crippen molar-refractivity contribution in [2.24, 2.45) is 0 Å². The lowest BCUT2D eigenvalue weighted by atomic mass is 10.1. The third-order valence-electron chi connectivity index (χ3n) is 3.19. The Morgan fingerprint density at radius 2 is 1.73 bits per heavy atom. The van der Waals surface area contributed by atoms with Crippen molar-refractivity contribution < 1.29 is 14.3 Å². The summed E-state index contributed by atoms with van der Waals surface area (Å²) < 4.78 is 10.4. The monoisotopic (exact) mass is 317 g/mol. The van der Waals surface area contributed by atoms with Crippen LogP contribution in [-0.2, 0) is 11.2 Å². The molecule has 1 amide bonds. The maximum absolute atomic E-state index is 12.1. The predicted octanol–water partition coefficient (Wildman–Crippen LogP) is 3.61. The Balaban J connectivity index is 2.02. The van der Waals surface area contributed by atoms with E-state index >= 15 is 0 Å². The molecule has 1 N–H and O–H groups in total. The lowest BCUT2D eigenvalue weighted by Gasteiger charge is -2.10. The topological polar surface area (TPSA) is 47.6 Å². The Morgan fingerprint density at radius 3 is 2.32 bits per heavy atom. The summed E-state index contributed by atoms with van der Waals surface area (Å²) in [6.07, 6.45) is 2.30. The van der Waals surface area contributed by atoms with Gasteiger partial charge in [-0.3, -0.25) is 4.79 Å². The van der Waals surface area contributed by atoms with Crippen LogP contribution in [0.3, 0.4) is 0 Å². The molecule has 0 unspecified atom stereocenters. The van der Waals surface area contributed by atoms with E-state index in [1.54, 1.807) is 32.0 Å². The number of hydrogen-bond acceptors (Lipinski definition) is 4. The van der Waals surface area contributed by atoms with Crippen molar-refractivity contribution in [3.8, 4) is 11.5 Å². The number of nitrogens with one attached hydrogen (secondary N) is 1. The molecular weight excluding hydrogens is 298 g/mol. The van der Waals surface area contributed by atoms with Crippen LogP contribution in [0.5, 0.6) is 11.5 Å². The standard InChI is InChI=1S/C17H19NO3S/c1-20-15-9-4-12(10-16(15)21-2)11-17(19)18-13-5-7-14(22-3)8-6-13/h4-10H,11H2,1-3H3,(H,18,19). The highest BCUT2D eigenvalue weighted by Gasteiger charge is 2.08. The van der Waals surface area contributed by atoms with Gasteiger partial charge in [0, 0.05) is 10.6 Å². The van der Waals surface area contributed by atoms with Crippen molar-refractivity contribution in [3.63, 3.8) is 0 Å². The Labute approximate surface area is 134 Å². The molecule has 0 aromatic heterocycles. The Kier molecular flexibility index (Phi) is 5.72. The number of ether oxygens (including phenoxy) is 2. The van der Waals surface area contributed by atoms with E-state index in [1.165, 1.54) is 0 Å². The van der Waals surface area contributed by atoms with E-state index in [0.717, 1.165) is 16.1 Å². The highest BCUT2D eigenvalue weighted by Crippen LogP contribution is 2.27. The highest BCUT2D eigenvalue weighted by atomic mass is 32.2. The van der Waals surface area contributed by atoms with E-state index in [4.69, 9.17) is 9.47 Å². The Morgan fingerprint density at radius 1 is 1.05 bits per heavy atom. The molecule has 0 fully saturated rings. The number of hydrogen-bond donors (Lipinski definition) is 1. The number of anilines is 1. The van der Waals surface area contributed by atoms with Crippen molar-refractivity contribution in [1.29, 1.82) is 0 Å². The SMILES string of the molecule is COc1ccc(CC(=O)Nc2ccc(SC)cc2)cc1OC. The molecule has 0 atom stereocenters. The van der Waals surface area contributed by atoms with Crippen LogP contribution in [-0.4, -0.2) is 26.4 Å². The molecule has 2 aromatic rings. The zero-order valence-electron chi connectivity index (χ0n) is 12.9. The van der Waals surface area contributed by atoms with E-state index in [1.807, 2.05) is 42.7 Å². The van der Waals surface area contributed by atoms with Gasteiger partial charge in [-0.2, -0.15) is 0 Å². The summed E-state index contributed by atoms with van der Waals surface area (Å²) in [7, 11) is 3.16. The maximum atomic E-state index is 12.1. The number of methoxy groups -OCH3 is 2. The van der Waals surface area contributed by atoms with Gasteiger partial charge in [0.1, 0.15) is 0 Å². The van der Waals surface area contributed by atoms with Gasteiger partial charge in [-0.25, -0.2) is 0 Å². The fourth-order valence-electron chi connectivity index (χ4n) is 2.06. The number of carbonyl (C=O) groups is 1. The number of thioether (sulfide) groups is 1. The summed E-state index contributed by atoms with van der Waals surface area (Å²) in [5.74, 6) is 1.21. The van der Waals surface area contributed by atoms with Crippen molar-refractivity contribution in [2.75, 3.05) is 25.8 Å². The quantitative estimate of drug-likeness (QED) is 0.827. The van der Waals surface area contributed by atoms with Gasteiger partial charge in [0.05, 0.1) is 20.6 Å². The lowest BCUT2D eigenvalue weighted by Crippen LogP contribution is -2.14. The number of benzene rings is 2. The summed E-state index contributed by atoms with van der Waals surface area (Å²) in [5.41, 5.74) is 1.67. The minimum atomic E-state index is -0.0656. The van der Waals surface area contributed by atoms with Crippen molar-refractivity contribution >= 4 is 23.4 Å². The smallest absolute Gasteiger partial charge is 0.228 e. The summed E-state index contributed by atoms with van der Waals surface area (Å²) in [4.78, 5) is 13.3. The van der Waals surface area contributed by atoms with Crippen LogP contribution < -0.4 is 14.8 Å². The molecular formula is C17H19NO3S. The van der Waals surface area contributed by atoms with E-state index < -0.39 is 0 Å². The van der Waals surface area contributed by atoms with E-state index in [9.17, 15) is 4.79 Å². The molecule has 4 nitrogen and oxygen atoms in total. The average molecular weight is 317 g/mol. The zero-order valence-corrected chi connectivity index (χ0v) is 13.7. The first-order valence-electron chi connectivity index (χ1n) is 6.81. The molecule has 2 rings (SSSR count). The molecule has 5 heteroatoms. The van der Waals surface area contributed by atoms with Gasteiger partial charge in [-0.1, -0.05) is 6.07 Å². The fraction of sp³-hybridized carbons (Fsp3) is 0.235. The Hall–Kier alpha value is -2.14. The van der Waals surface area contributed by atoms with Gasteiger partial charge in [-0.05, 0) is 48.2 Å². The van der Waals surface area contributed by atoms with Crippen molar-refractivity contribution in [2.45, 2.75) is 11.3 Å². The van der Waals surface area contributed by atoms with Crippen LogP contribution in [0, 0.1) is 0 Å². The molecule has 22 heavy (non-hydrogen) atoms. The number of rotatable bonds is 6. The van der Waals surface area contributed by atoms with E-state index in [-0.39, 0.29) is 12.3 Å². The first-order valence-corrected chi connectivity index (χ1v) is 8.03. The second kappa shape index (κ2) is 7.75. The first-order chi connectivity index (χ1) is 10.7. The van der Waals surface area contributed by atoms with Gasteiger partial charge in [0.15, 0.2) is 11.5 Å². The van der Waals surface area contributed by atoms with Gasteiger partial charge >= 0.3 is 0 Å². The third-order valence-corrected chi connectivity index (χ3v) is 3.93. The molecule has 0 bridgehead atoms. The summed E-state index contributed by atoms with van der Waals surface area (Å²) in [6, 6.07) is 13.2. The second-order valence-corrected chi connectivity index (χ2v) is 5.52. The minimum Gasteiger partial charge on any atom is -0.493 e. The molecule has 0 aliphatic heterocycles. The minimum absolute atomic E-state index is 0.0656. The molecule has 0 aliphatic carbocycles. The van der Waals surface area contributed by atoms with Gasteiger partial charge < -0.3 is 14.8 Å². The van der Waals surface area contributed by atoms with Gasteiger partial charge in [-0.15, -0.1) is 11.8 Å². The molecule has 0 aliphatic rings. The molecule has 0 radical (unpaired) electrons. The third kappa shape index (κ3) is 4.18.